The first kappa shape index (κ1) is 13.4. The highest BCUT2D eigenvalue weighted by Crippen LogP contribution is 2.15. The summed E-state index contributed by atoms with van der Waals surface area (Å²) in [6.07, 6.45) is 0. The average molecular weight is 258 g/mol. The van der Waals surface area contributed by atoms with Crippen molar-refractivity contribution in [2.75, 3.05) is 0 Å². The minimum absolute atomic E-state index is 0.0705. The smallest absolute Gasteiger partial charge is 0.287 e. The minimum atomic E-state index is -0.228. The standard InChI is InChI=1S/C15H18N2O2/c1-10-4-3-5-12(8-10)11(2)17-15(18)14-7-6-13(9-16)19-14/h3-8,11H,9,16H2,1-2H3,(H,17,18)/t11-/m0/s1. The van der Waals surface area contributed by atoms with Gasteiger partial charge in [0.05, 0.1) is 12.6 Å². The third kappa shape index (κ3) is 3.23. The van der Waals surface area contributed by atoms with Crippen LogP contribution in [-0.2, 0) is 6.54 Å². The lowest BCUT2D eigenvalue weighted by molar-refractivity contribution is 0.0910. The fourth-order valence-electron chi connectivity index (χ4n) is 1.90. The third-order valence-corrected chi connectivity index (χ3v) is 2.98. The van der Waals surface area contributed by atoms with Crippen LogP contribution in [0.2, 0.25) is 0 Å². The summed E-state index contributed by atoms with van der Waals surface area (Å²) in [5.74, 6) is 0.669. The highest BCUT2D eigenvalue weighted by Gasteiger charge is 2.14. The molecule has 0 aliphatic carbocycles. The van der Waals surface area contributed by atoms with E-state index in [0.717, 1.165) is 5.56 Å². The molecular formula is C15H18N2O2. The number of carbonyl (C=O) groups is 1. The van der Waals surface area contributed by atoms with Crippen molar-refractivity contribution in [1.82, 2.24) is 5.32 Å². The molecule has 0 aliphatic rings. The summed E-state index contributed by atoms with van der Waals surface area (Å²) in [4.78, 5) is 12.0. The van der Waals surface area contributed by atoms with Crippen LogP contribution in [0.5, 0.6) is 0 Å². The van der Waals surface area contributed by atoms with Crippen molar-refractivity contribution in [3.8, 4) is 0 Å². The predicted octanol–water partition coefficient (Wildman–Crippen LogP) is 2.54. The first-order chi connectivity index (χ1) is 9.10. The zero-order valence-electron chi connectivity index (χ0n) is 11.1. The molecule has 1 amide bonds. The lowest BCUT2D eigenvalue weighted by atomic mass is 10.1. The third-order valence-electron chi connectivity index (χ3n) is 2.98. The molecule has 19 heavy (non-hydrogen) atoms. The zero-order valence-corrected chi connectivity index (χ0v) is 11.1. The second kappa shape index (κ2) is 5.71. The Bertz CT molecular complexity index is 575. The monoisotopic (exact) mass is 258 g/mol. The van der Waals surface area contributed by atoms with Crippen molar-refractivity contribution in [2.24, 2.45) is 5.73 Å². The second-order valence-electron chi connectivity index (χ2n) is 4.58. The highest BCUT2D eigenvalue weighted by atomic mass is 16.4. The van der Waals surface area contributed by atoms with Crippen molar-refractivity contribution in [3.05, 3.63) is 59.0 Å². The molecule has 1 atom stereocenters. The molecule has 3 N–H and O–H groups in total. The molecule has 100 valence electrons. The summed E-state index contributed by atoms with van der Waals surface area (Å²) in [5.41, 5.74) is 7.68. The van der Waals surface area contributed by atoms with Gasteiger partial charge >= 0.3 is 0 Å². The van der Waals surface area contributed by atoms with Crippen LogP contribution in [0.4, 0.5) is 0 Å². The van der Waals surface area contributed by atoms with E-state index in [9.17, 15) is 4.79 Å². The summed E-state index contributed by atoms with van der Waals surface area (Å²) in [6.45, 7) is 4.26. The Kier molecular flexibility index (Phi) is 4.02. The molecule has 1 heterocycles. The Morgan fingerprint density at radius 1 is 1.37 bits per heavy atom. The Morgan fingerprint density at radius 3 is 2.79 bits per heavy atom. The van der Waals surface area contributed by atoms with Crippen LogP contribution < -0.4 is 11.1 Å². The number of hydrogen-bond acceptors (Lipinski definition) is 3. The van der Waals surface area contributed by atoms with E-state index in [1.165, 1.54) is 5.56 Å². The van der Waals surface area contributed by atoms with Gasteiger partial charge in [-0.2, -0.15) is 0 Å². The van der Waals surface area contributed by atoms with Crippen LogP contribution in [0.25, 0.3) is 0 Å². The number of carbonyl (C=O) groups excluding carboxylic acids is 1. The Hall–Kier alpha value is -2.07. The molecule has 2 rings (SSSR count). The minimum Gasteiger partial charge on any atom is -0.455 e. The van der Waals surface area contributed by atoms with Crippen LogP contribution in [0, 0.1) is 6.92 Å². The normalized spacial score (nSPS) is 12.2. The molecular weight excluding hydrogens is 240 g/mol. The second-order valence-corrected chi connectivity index (χ2v) is 4.58. The van der Waals surface area contributed by atoms with Crippen LogP contribution in [0.15, 0.2) is 40.8 Å². The molecule has 0 bridgehead atoms. The van der Waals surface area contributed by atoms with E-state index in [4.69, 9.17) is 10.2 Å². The van der Waals surface area contributed by atoms with Crippen LogP contribution in [0.1, 0.15) is 40.4 Å². The number of aryl methyl sites for hydroxylation is 1. The molecule has 0 aliphatic heterocycles. The number of furan rings is 1. The predicted molar refractivity (Wildman–Crippen MR) is 73.7 cm³/mol. The summed E-state index contributed by atoms with van der Waals surface area (Å²) in [5, 5.41) is 2.90. The lowest BCUT2D eigenvalue weighted by Gasteiger charge is -2.13. The van der Waals surface area contributed by atoms with E-state index in [2.05, 4.69) is 11.4 Å². The van der Waals surface area contributed by atoms with Crippen molar-refractivity contribution >= 4 is 5.91 Å². The SMILES string of the molecule is Cc1cccc([C@H](C)NC(=O)c2ccc(CN)o2)c1. The maximum absolute atomic E-state index is 12.0. The maximum Gasteiger partial charge on any atom is 0.287 e. The van der Waals surface area contributed by atoms with Gasteiger partial charge < -0.3 is 15.5 Å². The van der Waals surface area contributed by atoms with Crippen LogP contribution >= 0.6 is 0 Å². The molecule has 4 heteroatoms. The number of amides is 1. The fourth-order valence-corrected chi connectivity index (χ4v) is 1.90. The first-order valence-electron chi connectivity index (χ1n) is 6.26. The van der Waals surface area contributed by atoms with E-state index in [0.29, 0.717) is 18.1 Å². The molecule has 0 spiro atoms. The van der Waals surface area contributed by atoms with E-state index in [1.807, 2.05) is 32.0 Å². The van der Waals surface area contributed by atoms with E-state index < -0.39 is 0 Å². The Labute approximate surface area is 112 Å². The Morgan fingerprint density at radius 2 is 2.16 bits per heavy atom. The van der Waals surface area contributed by atoms with Crippen molar-refractivity contribution in [1.29, 1.82) is 0 Å². The highest BCUT2D eigenvalue weighted by molar-refractivity contribution is 5.91. The van der Waals surface area contributed by atoms with E-state index in [1.54, 1.807) is 12.1 Å². The average Bonchev–Trinajstić information content (AvgIpc) is 2.87. The van der Waals surface area contributed by atoms with Gasteiger partial charge in [0.1, 0.15) is 5.76 Å². The molecule has 0 radical (unpaired) electrons. The van der Waals surface area contributed by atoms with Gasteiger partial charge in [-0.3, -0.25) is 4.79 Å². The van der Waals surface area contributed by atoms with Crippen molar-refractivity contribution in [3.63, 3.8) is 0 Å². The summed E-state index contributed by atoms with van der Waals surface area (Å²) < 4.78 is 5.32. The fraction of sp³-hybridized carbons (Fsp3) is 0.267. The van der Waals surface area contributed by atoms with E-state index >= 15 is 0 Å². The molecule has 1 aromatic carbocycles. The van der Waals surface area contributed by atoms with Crippen molar-refractivity contribution in [2.45, 2.75) is 26.4 Å². The first-order valence-corrected chi connectivity index (χ1v) is 6.26. The Balaban J connectivity index is 2.06. The van der Waals surface area contributed by atoms with Gasteiger partial charge in [-0.15, -0.1) is 0 Å². The van der Waals surface area contributed by atoms with E-state index in [-0.39, 0.29) is 11.9 Å². The van der Waals surface area contributed by atoms with Gasteiger partial charge in [0.2, 0.25) is 0 Å². The number of nitrogens with one attached hydrogen (secondary N) is 1. The van der Waals surface area contributed by atoms with Gasteiger partial charge in [-0.25, -0.2) is 0 Å². The number of benzene rings is 1. The van der Waals surface area contributed by atoms with Crippen LogP contribution in [0.3, 0.4) is 0 Å². The molecule has 0 unspecified atom stereocenters. The number of hydrogen-bond donors (Lipinski definition) is 2. The van der Waals surface area contributed by atoms with Gasteiger partial charge in [0, 0.05) is 0 Å². The number of rotatable bonds is 4. The van der Waals surface area contributed by atoms with Gasteiger partial charge in [0.25, 0.3) is 5.91 Å². The molecule has 1 aromatic heterocycles. The summed E-state index contributed by atoms with van der Waals surface area (Å²) in [7, 11) is 0. The molecule has 0 saturated carbocycles. The zero-order chi connectivity index (χ0) is 13.8. The summed E-state index contributed by atoms with van der Waals surface area (Å²) in [6, 6.07) is 11.3. The quantitative estimate of drug-likeness (QED) is 0.885. The molecule has 2 aromatic rings. The topological polar surface area (TPSA) is 68.3 Å². The van der Waals surface area contributed by atoms with Gasteiger partial charge in [-0.05, 0) is 31.5 Å². The van der Waals surface area contributed by atoms with Crippen LogP contribution in [-0.4, -0.2) is 5.91 Å². The molecule has 0 saturated heterocycles. The van der Waals surface area contributed by atoms with Crippen molar-refractivity contribution < 1.29 is 9.21 Å². The molecule has 0 fully saturated rings. The maximum atomic E-state index is 12.0. The lowest BCUT2D eigenvalue weighted by Crippen LogP contribution is -2.26. The van der Waals surface area contributed by atoms with Gasteiger partial charge in [-0.1, -0.05) is 29.8 Å². The largest absolute Gasteiger partial charge is 0.455 e. The molecule has 4 nitrogen and oxygen atoms in total. The number of nitrogens with two attached hydrogens (primary N) is 1. The summed E-state index contributed by atoms with van der Waals surface area (Å²) >= 11 is 0. The van der Waals surface area contributed by atoms with Gasteiger partial charge in [0.15, 0.2) is 5.76 Å².